The Morgan fingerprint density at radius 2 is 1.79 bits per heavy atom. The van der Waals surface area contributed by atoms with Crippen molar-refractivity contribution in [2.45, 2.75) is 71.9 Å². The van der Waals surface area contributed by atoms with Gasteiger partial charge in [0.25, 0.3) is 0 Å². The van der Waals surface area contributed by atoms with Gasteiger partial charge in [0, 0.05) is 12.1 Å². The van der Waals surface area contributed by atoms with Crippen LogP contribution in [0, 0.1) is 11.8 Å². The van der Waals surface area contributed by atoms with Crippen molar-refractivity contribution >= 4 is 0 Å². The van der Waals surface area contributed by atoms with E-state index in [4.69, 9.17) is 0 Å². The van der Waals surface area contributed by atoms with Crippen LogP contribution in [-0.4, -0.2) is 12.1 Å². The van der Waals surface area contributed by atoms with Crippen molar-refractivity contribution in [3.05, 3.63) is 0 Å². The number of rotatable bonds is 4. The van der Waals surface area contributed by atoms with E-state index in [-0.39, 0.29) is 0 Å². The third kappa shape index (κ3) is 3.27. The Morgan fingerprint density at radius 3 is 2.29 bits per heavy atom. The molecule has 0 bridgehead atoms. The number of nitrogens with one attached hydrogen (secondary N) is 1. The van der Waals surface area contributed by atoms with Crippen molar-refractivity contribution in [2.75, 3.05) is 0 Å². The molecule has 0 heterocycles. The lowest BCUT2D eigenvalue weighted by molar-refractivity contribution is 0.210. The first-order valence-corrected chi connectivity index (χ1v) is 6.43. The van der Waals surface area contributed by atoms with E-state index in [1.165, 1.54) is 32.1 Å². The quantitative estimate of drug-likeness (QED) is 0.726. The molecule has 1 fully saturated rings. The van der Waals surface area contributed by atoms with Gasteiger partial charge in [-0.1, -0.05) is 27.7 Å². The van der Waals surface area contributed by atoms with E-state index >= 15 is 0 Å². The summed E-state index contributed by atoms with van der Waals surface area (Å²) in [6, 6.07) is 1.53. The highest BCUT2D eigenvalue weighted by molar-refractivity contribution is 4.83. The van der Waals surface area contributed by atoms with Crippen LogP contribution in [0.25, 0.3) is 0 Å². The van der Waals surface area contributed by atoms with Crippen LogP contribution in [0.2, 0.25) is 0 Å². The maximum Gasteiger partial charge on any atom is 0.00954 e. The molecule has 1 aliphatic rings. The monoisotopic (exact) mass is 197 g/mol. The van der Waals surface area contributed by atoms with Gasteiger partial charge in [-0.3, -0.25) is 0 Å². The molecule has 1 nitrogen and oxygen atoms in total. The predicted octanol–water partition coefficient (Wildman–Crippen LogP) is 3.59. The van der Waals surface area contributed by atoms with Gasteiger partial charge in [-0.15, -0.1) is 0 Å². The summed E-state index contributed by atoms with van der Waals surface area (Å²) in [7, 11) is 0. The predicted molar refractivity (Wildman–Crippen MR) is 63.5 cm³/mol. The van der Waals surface area contributed by atoms with E-state index in [9.17, 15) is 0 Å². The van der Waals surface area contributed by atoms with Crippen molar-refractivity contribution < 1.29 is 0 Å². The molecule has 0 saturated heterocycles. The molecular formula is C13H27N. The molecular weight excluding hydrogens is 170 g/mol. The Bertz CT molecular complexity index is 151. The molecule has 0 spiro atoms. The van der Waals surface area contributed by atoms with Gasteiger partial charge in [-0.25, -0.2) is 0 Å². The molecule has 0 radical (unpaired) electrons. The van der Waals surface area contributed by atoms with Crippen molar-refractivity contribution in [3.8, 4) is 0 Å². The third-order valence-corrected chi connectivity index (χ3v) is 3.87. The van der Waals surface area contributed by atoms with Gasteiger partial charge in [0.05, 0.1) is 0 Å². The zero-order chi connectivity index (χ0) is 10.6. The fraction of sp³-hybridized carbons (Fsp3) is 1.00. The first-order valence-electron chi connectivity index (χ1n) is 6.43. The Kier molecular flexibility index (Phi) is 4.94. The molecule has 0 aromatic heterocycles. The lowest BCUT2D eigenvalue weighted by atomic mass is 9.79. The zero-order valence-corrected chi connectivity index (χ0v) is 10.3. The molecule has 1 aliphatic carbocycles. The summed E-state index contributed by atoms with van der Waals surface area (Å²) < 4.78 is 0. The molecule has 1 rings (SSSR count). The second-order valence-electron chi connectivity index (χ2n) is 5.18. The van der Waals surface area contributed by atoms with Gasteiger partial charge in [0.1, 0.15) is 0 Å². The maximum absolute atomic E-state index is 3.83. The van der Waals surface area contributed by atoms with E-state index in [0.717, 1.165) is 23.9 Å². The van der Waals surface area contributed by atoms with Gasteiger partial charge in [-0.2, -0.15) is 0 Å². The first-order chi connectivity index (χ1) is 6.67. The fourth-order valence-electron chi connectivity index (χ4n) is 2.74. The maximum atomic E-state index is 3.83. The fourth-order valence-corrected chi connectivity index (χ4v) is 2.74. The summed E-state index contributed by atoms with van der Waals surface area (Å²) in [5.74, 6) is 1.82. The molecule has 3 unspecified atom stereocenters. The van der Waals surface area contributed by atoms with Gasteiger partial charge in [0.2, 0.25) is 0 Å². The first kappa shape index (κ1) is 12.0. The minimum atomic E-state index is 0.746. The summed E-state index contributed by atoms with van der Waals surface area (Å²) in [6.07, 6.45) is 6.77. The minimum Gasteiger partial charge on any atom is -0.311 e. The lowest BCUT2D eigenvalue weighted by Crippen LogP contribution is -2.44. The van der Waals surface area contributed by atoms with Crippen LogP contribution >= 0.6 is 0 Å². The smallest absolute Gasteiger partial charge is 0.00954 e. The van der Waals surface area contributed by atoms with Gasteiger partial charge >= 0.3 is 0 Å². The molecule has 0 aromatic carbocycles. The lowest BCUT2D eigenvalue weighted by Gasteiger charge is -2.35. The van der Waals surface area contributed by atoms with Gasteiger partial charge in [0.15, 0.2) is 0 Å². The highest BCUT2D eigenvalue weighted by Crippen LogP contribution is 2.29. The molecule has 0 aromatic rings. The summed E-state index contributed by atoms with van der Waals surface area (Å²) in [4.78, 5) is 0. The van der Waals surface area contributed by atoms with Crippen molar-refractivity contribution in [2.24, 2.45) is 11.8 Å². The van der Waals surface area contributed by atoms with E-state index in [0.29, 0.717) is 0 Å². The Hall–Kier alpha value is -0.0400. The summed E-state index contributed by atoms with van der Waals surface area (Å²) >= 11 is 0. The van der Waals surface area contributed by atoms with Crippen LogP contribution in [0.3, 0.4) is 0 Å². The van der Waals surface area contributed by atoms with Crippen molar-refractivity contribution in [1.29, 1.82) is 0 Å². The average molecular weight is 197 g/mol. The van der Waals surface area contributed by atoms with Crippen LogP contribution < -0.4 is 5.32 Å². The van der Waals surface area contributed by atoms with Crippen LogP contribution in [-0.2, 0) is 0 Å². The van der Waals surface area contributed by atoms with Crippen LogP contribution in [0.15, 0.2) is 0 Å². The molecule has 3 atom stereocenters. The largest absolute Gasteiger partial charge is 0.311 e. The van der Waals surface area contributed by atoms with E-state index in [1.807, 2.05) is 0 Å². The van der Waals surface area contributed by atoms with E-state index in [1.54, 1.807) is 0 Å². The Labute approximate surface area is 89.7 Å². The summed E-state index contributed by atoms with van der Waals surface area (Å²) in [5, 5.41) is 3.83. The molecule has 0 aliphatic heterocycles. The van der Waals surface area contributed by atoms with Crippen molar-refractivity contribution in [3.63, 3.8) is 0 Å². The second kappa shape index (κ2) is 5.75. The highest BCUT2D eigenvalue weighted by atomic mass is 15.0. The number of hydrogen-bond donors (Lipinski definition) is 1. The Morgan fingerprint density at radius 1 is 1.14 bits per heavy atom. The SMILES string of the molecule is CCC(CC)NC1CCC(C)CC1C. The standard InChI is InChI=1S/C13H27N/c1-5-12(6-2)14-13-8-7-10(3)9-11(13)4/h10-14H,5-9H2,1-4H3. The van der Waals surface area contributed by atoms with Crippen molar-refractivity contribution in [1.82, 2.24) is 5.32 Å². The topological polar surface area (TPSA) is 12.0 Å². The van der Waals surface area contributed by atoms with Crippen LogP contribution in [0.1, 0.15) is 59.8 Å². The molecule has 1 N–H and O–H groups in total. The zero-order valence-electron chi connectivity index (χ0n) is 10.3. The summed E-state index contributed by atoms with van der Waals surface area (Å²) in [6.45, 7) is 9.38. The molecule has 0 amide bonds. The normalized spacial score (nSPS) is 33.6. The van der Waals surface area contributed by atoms with Crippen LogP contribution in [0.4, 0.5) is 0 Å². The average Bonchev–Trinajstić information content (AvgIpc) is 2.17. The molecule has 1 heteroatoms. The molecule has 84 valence electrons. The van der Waals surface area contributed by atoms with Gasteiger partial charge in [-0.05, 0) is 43.9 Å². The van der Waals surface area contributed by atoms with E-state index in [2.05, 4.69) is 33.0 Å². The molecule has 14 heavy (non-hydrogen) atoms. The van der Waals surface area contributed by atoms with Gasteiger partial charge < -0.3 is 5.32 Å². The second-order valence-corrected chi connectivity index (χ2v) is 5.18. The Balaban J connectivity index is 2.36. The number of hydrogen-bond acceptors (Lipinski definition) is 1. The van der Waals surface area contributed by atoms with Crippen LogP contribution in [0.5, 0.6) is 0 Å². The minimum absolute atomic E-state index is 0.746. The molecule has 1 saturated carbocycles. The third-order valence-electron chi connectivity index (χ3n) is 3.87. The highest BCUT2D eigenvalue weighted by Gasteiger charge is 2.26. The van der Waals surface area contributed by atoms with E-state index < -0.39 is 0 Å². The summed E-state index contributed by atoms with van der Waals surface area (Å²) in [5.41, 5.74) is 0.